The minimum Gasteiger partial charge on any atom is -0.316 e. The zero-order valence-electron chi connectivity index (χ0n) is 13.1. The maximum atomic E-state index is 14.1. The molecule has 2 fully saturated rings. The highest BCUT2D eigenvalue weighted by atomic mass is 19.1. The third-order valence-corrected chi connectivity index (χ3v) is 5.12. The van der Waals surface area contributed by atoms with Crippen LogP contribution < -0.4 is 5.32 Å². The van der Waals surface area contributed by atoms with E-state index in [9.17, 15) is 4.39 Å². The van der Waals surface area contributed by atoms with Crippen LogP contribution in [0.2, 0.25) is 0 Å². The zero-order chi connectivity index (χ0) is 14.8. The summed E-state index contributed by atoms with van der Waals surface area (Å²) in [7, 11) is 4.17. The van der Waals surface area contributed by atoms with Crippen molar-refractivity contribution in [1.29, 1.82) is 0 Å². The van der Waals surface area contributed by atoms with Crippen LogP contribution in [0.5, 0.6) is 0 Å². The molecule has 2 heterocycles. The number of nitrogens with zero attached hydrogens (tertiary/aromatic N) is 2. The Morgan fingerprint density at radius 3 is 2.86 bits per heavy atom. The molecule has 1 aromatic rings. The topological polar surface area (TPSA) is 18.5 Å². The maximum absolute atomic E-state index is 14.1. The number of hydrogen-bond acceptors (Lipinski definition) is 3. The molecule has 2 bridgehead atoms. The molecule has 3 nitrogen and oxygen atoms in total. The van der Waals surface area contributed by atoms with Crippen molar-refractivity contribution in [2.75, 3.05) is 27.2 Å². The molecule has 1 aromatic carbocycles. The van der Waals surface area contributed by atoms with Gasteiger partial charge in [-0.05, 0) is 45.0 Å². The molecule has 2 aliphatic rings. The Morgan fingerprint density at radius 2 is 2.05 bits per heavy atom. The van der Waals surface area contributed by atoms with E-state index in [1.807, 2.05) is 19.2 Å². The van der Waals surface area contributed by atoms with Crippen LogP contribution in [-0.2, 0) is 13.1 Å². The fraction of sp³-hybridized carbons (Fsp3) is 0.647. The molecule has 0 spiro atoms. The van der Waals surface area contributed by atoms with Gasteiger partial charge in [0.25, 0.3) is 0 Å². The molecule has 2 atom stereocenters. The van der Waals surface area contributed by atoms with E-state index in [0.717, 1.165) is 43.3 Å². The Bertz CT molecular complexity index is 491. The number of benzene rings is 1. The largest absolute Gasteiger partial charge is 0.316 e. The van der Waals surface area contributed by atoms with Crippen molar-refractivity contribution in [2.24, 2.45) is 0 Å². The third kappa shape index (κ3) is 3.28. The number of likely N-dealkylation sites (tertiary alicyclic amines) is 1. The van der Waals surface area contributed by atoms with Gasteiger partial charge in [-0.1, -0.05) is 12.1 Å². The smallest absolute Gasteiger partial charge is 0.127 e. The van der Waals surface area contributed by atoms with Gasteiger partial charge in [-0.2, -0.15) is 0 Å². The lowest BCUT2D eigenvalue weighted by Crippen LogP contribution is -2.36. The van der Waals surface area contributed by atoms with E-state index < -0.39 is 0 Å². The van der Waals surface area contributed by atoms with E-state index in [4.69, 9.17) is 0 Å². The van der Waals surface area contributed by atoms with Crippen molar-refractivity contribution in [3.63, 3.8) is 0 Å². The second-order valence-corrected chi connectivity index (χ2v) is 6.53. The summed E-state index contributed by atoms with van der Waals surface area (Å²) in [5.41, 5.74) is 1.99. The zero-order valence-corrected chi connectivity index (χ0v) is 13.1. The van der Waals surface area contributed by atoms with Crippen LogP contribution in [0.25, 0.3) is 0 Å². The summed E-state index contributed by atoms with van der Waals surface area (Å²) in [5.74, 6) is -0.0717. The molecule has 2 unspecified atom stereocenters. The normalized spacial score (nSPS) is 27.0. The number of nitrogens with one attached hydrogen (secondary N) is 1. The first-order chi connectivity index (χ1) is 10.2. The second kappa shape index (κ2) is 6.42. The van der Waals surface area contributed by atoms with Gasteiger partial charge in [0.05, 0.1) is 0 Å². The van der Waals surface area contributed by atoms with Gasteiger partial charge in [0.15, 0.2) is 0 Å². The fourth-order valence-corrected chi connectivity index (χ4v) is 3.83. The molecule has 21 heavy (non-hydrogen) atoms. The molecule has 2 aliphatic heterocycles. The van der Waals surface area contributed by atoms with E-state index in [2.05, 4.69) is 22.2 Å². The first kappa shape index (κ1) is 14.9. The van der Waals surface area contributed by atoms with Crippen LogP contribution in [0.1, 0.15) is 30.4 Å². The maximum Gasteiger partial charge on any atom is 0.127 e. The van der Waals surface area contributed by atoms with Crippen molar-refractivity contribution in [2.45, 2.75) is 44.4 Å². The van der Waals surface area contributed by atoms with Crippen molar-refractivity contribution in [3.05, 3.63) is 35.1 Å². The lowest BCUT2D eigenvalue weighted by Gasteiger charge is -2.26. The summed E-state index contributed by atoms with van der Waals surface area (Å²) in [5, 5.41) is 3.13. The quantitative estimate of drug-likeness (QED) is 0.917. The highest BCUT2D eigenvalue weighted by Crippen LogP contribution is 2.29. The van der Waals surface area contributed by atoms with E-state index in [1.165, 1.54) is 19.3 Å². The monoisotopic (exact) mass is 291 g/mol. The highest BCUT2D eigenvalue weighted by molar-refractivity contribution is 5.25. The lowest BCUT2D eigenvalue weighted by atomic mass is 10.1. The van der Waals surface area contributed by atoms with Crippen LogP contribution in [0.3, 0.4) is 0 Å². The standard InChI is InChI=1S/C17H26FN3/c1-19-10-13-3-6-17(18)14(9-13)11-21-8-7-15-4-5-16(12-21)20(15)2/h3,6,9,15-16,19H,4-5,7-8,10-12H2,1-2H3. The number of halogens is 1. The summed E-state index contributed by atoms with van der Waals surface area (Å²) >= 11 is 0. The van der Waals surface area contributed by atoms with Gasteiger partial charge in [0.1, 0.15) is 5.82 Å². The molecular weight excluding hydrogens is 265 g/mol. The van der Waals surface area contributed by atoms with E-state index >= 15 is 0 Å². The van der Waals surface area contributed by atoms with Crippen molar-refractivity contribution < 1.29 is 4.39 Å². The minimum atomic E-state index is -0.0717. The van der Waals surface area contributed by atoms with Gasteiger partial charge in [-0.15, -0.1) is 0 Å². The van der Waals surface area contributed by atoms with Crippen LogP contribution in [0, 0.1) is 5.82 Å². The number of likely N-dealkylation sites (N-methyl/N-ethyl adjacent to an activating group) is 1. The van der Waals surface area contributed by atoms with Crippen LogP contribution in [-0.4, -0.2) is 49.1 Å². The number of fused-ring (bicyclic) bond motifs is 2. The van der Waals surface area contributed by atoms with E-state index in [-0.39, 0.29) is 5.82 Å². The summed E-state index contributed by atoms with van der Waals surface area (Å²) < 4.78 is 14.1. The van der Waals surface area contributed by atoms with E-state index in [0.29, 0.717) is 6.04 Å². The van der Waals surface area contributed by atoms with Crippen molar-refractivity contribution in [1.82, 2.24) is 15.1 Å². The lowest BCUT2D eigenvalue weighted by molar-refractivity contribution is 0.213. The Morgan fingerprint density at radius 1 is 1.24 bits per heavy atom. The van der Waals surface area contributed by atoms with Crippen LogP contribution in [0.4, 0.5) is 4.39 Å². The van der Waals surface area contributed by atoms with Crippen LogP contribution in [0.15, 0.2) is 18.2 Å². The Labute approximate surface area is 127 Å². The summed E-state index contributed by atoms with van der Waals surface area (Å²) in [4.78, 5) is 4.97. The van der Waals surface area contributed by atoms with Gasteiger partial charge in [0, 0.05) is 43.8 Å². The first-order valence-corrected chi connectivity index (χ1v) is 8.03. The average molecular weight is 291 g/mol. The molecule has 0 amide bonds. The van der Waals surface area contributed by atoms with Gasteiger partial charge < -0.3 is 5.32 Å². The third-order valence-electron chi connectivity index (χ3n) is 5.12. The van der Waals surface area contributed by atoms with Gasteiger partial charge in [0.2, 0.25) is 0 Å². The molecule has 4 heteroatoms. The Kier molecular flexibility index (Phi) is 4.57. The Balaban J connectivity index is 1.70. The number of rotatable bonds is 4. The summed E-state index contributed by atoms with van der Waals surface area (Å²) in [6.45, 7) is 3.69. The summed E-state index contributed by atoms with van der Waals surface area (Å²) in [6.07, 6.45) is 3.84. The Hall–Kier alpha value is -0.970. The van der Waals surface area contributed by atoms with Gasteiger partial charge >= 0.3 is 0 Å². The molecule has 0 radical (unpaired) electrons. The predicted molar refractivity (Wildman–Crippen MR) is 83.6 cm³/mol. The molecular formula is C17H26FN3. The average Bonchev–Trinajstić information content (AvgIpc) is 2.71. The fourth-order valence-electron chi connectivity index (χ4n) is 3.83. The van der Waals surface area contributed by atoms with Crippen molar-refractivity contribution in [3.8, 4) is 0 Å². The molecule has 2 saturated heterocycles. The molecule has 0 aromatic heterocycles. The van der Waals surface area contributed by atoms with E-state index in [1.54, 1.807) is 6.07 Å². The molecule has 116 valence electrons. The summed E-state index contributed by atoms with van der Waals surface area (Å²) in [6, 6.07) is 6.88. The molecule has 3 rings (SSSR count). The predicted octanol–water partition coefficient (Wildman–Crippen LogP) is 2.21. The minimum absolute atomic E-state index is 0.0717. The van der Waals surface area contributed by atoms with Crippen LogP contribution >= 0.6 is 0 Å². The number of hydrogen-bond donors (Lipinski definition) is 1. The second-order valence-electron chi connectivity index (χ2n) is 6.53. The SMILES string of the molecule is CNCc1ccc(F)c(CN2CCC3CCC(C2)N3C)c1. The molecule has 1 N–H and O–H groups in total. The first-order valence-electron chi connectivity index (χ1n) is 8.03. The van der Waals surface area contributed by atoms with Gasteiger partial charge in [-0.3, -0.25) is 9.80 Å². The van der Waals surface area contributed by atoms with Gasteiger partial charge in [-0.25, -0.2) is 4.39 Å². The highest BCUT2D eigenvalue weighted by Gasteiger charge is 2.34. The molecule has 0 saturated carbocycles. The molecule has 0 aliphatic carbocycles. The van der Waals surface area contributed by atoms with Crippen molar-refractivity contribution >= 4 is 0 Å².